The summed E-state index contributed by atoms with van der Waals surface area (Å²) in [6.45, 7) is 4.16. The summed E-state index contributed by atoms with van der Waals surface area (Å²) in [6.07, 6.45) is 3.81. The smallest absolute Gasteiger partial charge is 0.115 e. The first-order chi connectivity index (χ1) is 7.63. The second-order valence-corrected chi connectivity index (χ2v) is 4.32. The van der Waals surface area contributed by atoms with Gasteiger partial charge in [0.15, 0.2) is 0 Å². The van der Waals surface area contributed by atoms with Crippen LogP contribution in [0.5, 0.6) is 0 Å². The summed E-state index contributed by atoms with van der Waals surface area (Å²) < 4.78 is 2.04. The predicted octanol–water partition coefficient (Wildman–Crippen LogP) is 1.45. The number of aromatic nitrogens is 2. The summed E-state index contributed by atoms with van der Waals surface area (Å²) in [4.78, 5) is 4.38. The molecule has 0 aliphatic heterocycles. The van der Waals surface area contributed by atoms with Crippen molar-refractivity contribution in [3.8, 4) is 0 Å². The van der Waals surface area contributed by atoms with Crippen molar-refractivity contribution in [2.45, 2.75) is 25.8 Å². The molecule has 0 bridgehead atoms. The fourth-order valence-corrected chi connectivity index (χ4v) is 1.78. The largest absolute Gasteiger partial charge is 0.394 e. The highest BCUT2D eigenvalue weighted by atomic mass is 16.3. The SMILES string of the molecule is CC(C)c1ncc2ccc(C(N)CO)cn12. The molecule has 2 heterocycles. The van der Waals surface area contributed by atoms with Crippen molar-refractivity contribution in [2.75, 3.05) is 6.61 Å². The molecule has 2 rings (SSSR count). The molecule has 0 aromatic carbocycles. The van der Waals surface area contributed by atoms with E-state index in [1.807, 2.05) is 28.9 Å². The fraction of sp³-hybridized carbons (Fsp3) is 0.417. The number of nitrogens with zero attached hydrogens (tertiary/aromatic N) is 2. The number of nitrogens with two attached hydrogens (primary N) is 1. The first-order valence-corrected chi connectivity index (χ1v) is 5.47. The minimum absolute atomic E-state index is 0.0444. The van der Waals surface area contributed by atoms with Gasteiger partial charge in [0, 0.05) is 12.1 Å². The van der Waals surface area contributed by atoms with Gasteiger partial charge in [-0.2, -0.15) is 0 Å². The minimum Gasteiger partial charge on any atom is -0.394 e. The van der Waals surface area contributed by atoms with Crippen molar-refractivity contribution in [3.63, 3.8) is 0 Å². The molecule has 3 N–H and O–H groups in total. The molecule has 0 amide bonds. The molecule has 4 nitrogen and oxygen atoms in total. The summed E-state index contributed by atoms with van der Waals surface area (Å²) in [5, 5.41) is 9.04. The van der Waals surface area contributed by atoms with Crippen LogP contribution < -0.4 is 5.73 Å². The van der Waals surface area contributed by atoms with Gasteiger partial charge >= 0.3 is 0 Å². The third-order valence-electron chi connectivity index (χ3n) is 2.72. The molecule has 0 aliphatic carbocycles. The normalized spacial score (nSPS) is 13.6. The van der Waals surface area contributed by atoms with Gasteiger partial charge in [0.25, 0.3) is 0 Å². The van der Waals surface area contributed by atoms with E-state index in [4.69, 9.17) is 10.8 Å². The standard InChI is InChI=1S/C12H17N3O/c1-8(2)12-14-5-10-4-3-9(6-15(10)12)11(13)7-16/h3-6,8,11,16H,7,13H2,1-2H3. The fourth-order valence-electron chi connectivity index (χ4n) is 1.78. The second kappa shape index (κ2) is 4.23. The average molecular weight is 219 g/mol. The van der Waals surface area contributed by atoms with Crippen LogP contribution in [0.15, 0.2) is 24.5 Å². The maximum atomic E-state index is 9.04. The van der Waals surface area contributed by atoms with E-state index >= 15 is 0 Å². The van der Waals surface area contributed by atoms with Gasteiger partial charge in [0.05, 0.1) is 24.4 Å². The summed E-state index contributed by atoms with van der Waals surface area (Å²) >= 11 is 0. The molecule has 0 saturated carbocycles. The zero-order valence-electron chi connectivity index (χ0n) is 9.59. The van der Waals surface area contributed by atoms with Gasteiger partial charge in [-0.1, -0.05) is 19.9 Å². The quantitative estimate of drug-likeness (QED) is 0.821. The Balaban J connectivity index is 2.54. The molecule has 0 fully saturated rings. The monoisotopic (exact) mass is 219 g/mol. The molecule has 2 aromatic rings. The Morgan fingerprint density at radius 1 is 1.44 bits per heavy atom. The zero-order valence-corrected chi connectivity index (χ0v) is 9.59. The Morgan fingerprint density at radius 3 is 2.81 bits per heavy atom. The van der Waals surface area contributed by atoms with E-state index in [1.54, 1.807) is 0 Å². The molecular formula is C12H17N3O. The number of pyridine rings is 1. The van der Waals surface area contributed by atoms with E-state index in [2.05, 4.69) is 18.8 Å². The van der Waals surface area contributed by atoms with E-state index in [0.717, 1.165) is 16.9 Å². The highest BCUT2D eigenvalue weighted by molar-refractivity contribution is 5.47. The summed E-state index contributed by atoms with van der Waals surface area (Å²) in [5.74, 6) is 1.38. The van der Waals surface area contributed by atoms with Crippen LogP contribution >= 0.6 is 0 Å². The number of rotatable bonds is 3. The van der Waals surface area contributed by atoms with Crippen molar-refractivity contribution < 1.29 is 5.11 Å². The van der Waals surface area contributed by atoms with Crippen LogP contribution in [0.3, 0.4) is 0 Å². The van der Waals surface area contributed by atoms with Gasteiger partial charge in [-0.05, 0) is 11.6 Å². The lowest BCUT2D eigenvalue weighted by Crippen LogP contribution is -2.15. The third kappa shape index (κ3) is 1.81. The molecule has 4 heteroatoms. The number of aliphatic hydroxyl groups excluding tert-OH is 1. The first-order valence-electron chi connectivity index (χ1n) is 5.47. The maximum Gasteiger partial charge on any atom is 0.115 e. The number of imidazole rings is 1. The van der Waals surface area contributed by atoms with Crippen molar-refractivity contribution in [2.24, 2.45) is 5.73 Å². The van der Waals surface area contributed by atoms with E-state index < -0.39 is 0 Å². The molecule has 86 valence electrons. The minimum atomic E-state index is -0.327. The molecule has 1 unspecified atom stereocenters. The topological polar surface area (TPSA) is 63.5 Å². The van der Waals surface area contributed by atoms with Crippen LogP contribution in [0.25, 0.3) is 5.52 Å². The van der Waals surface area contributed by atoms with Gasteiger partial charge < -0.3 is 15.2 Å². The lowest BCUT2D eigenvalue weighted by molar-refractivity contribution is 0.267. The van der Waals surface area contributed by atoms with Crippen LogP contribution in [-0.4, -0.2) is 21.1 Å². The lowest BCUT2D eigenvalue weighted by atomic mass is 10.1. The molecule has 0 radical (unpaired) electrons. The molecule has 0 saturated heterocycles. The molecule has 0 spiro atoms. The highest BCUT2D eigenvalue weighted by Crippen LogP contribution is 2.18. The van der Waals surface area contributed by atoms with Crippen LogP contribution in [0, 0.1) is 0 Å². The molecule has 0 aliphatic rings. The van der Waals surface area contributed by atoms with E-state index in [-0.39, 0.29) is 12.6 Å². The van der Waals surface area contributed by atoms with Crippen LogP contribution in [0.4, 0.5) is 0 Å². The number of aliphatic hydroxyl groups is 1. The Morgan fingerprint density at radius 2 is 2.19 bits per heavy atom. The molecule has 1 atom stereocenters. The Hall–Kier alpha value is -1.39. The van der Waals surface area contributed by atoms with Crippen LogP contribution in [-0.2, 0) is 0 Å². The van der Waals surface area contributed by atoms with Gasteiger partial charge in [-0.3, -0.25) is 0 Å². The lowest BCUT2D eigenvalue weighted by Gasteiger charge is -2.10. The van der Waals surface area contributed by atoms with Gasteiger partial charge in [0.2, 0.25) is 0 Å². The summed E-state index contributed by atoms with van der Waals surface area (Å²) in [6, 6.07) is 3.58. The zero-order chi connectivity index (χ0) is 11.7. The van der Waals surface area contributed by atoms with Crippen molar-refractivity contribution >= 4 is 5.52 Å². The predicted molar refractivity (Wildman–Crippen MR) is 63.3 cm³/mol. The van der Waals surface area contributed by atoms with E-state index in [0.29, 0.717) is 5.92 Å². The second-order valence-electron chi connectivity index (χ2n) is 4.32. The first kappa shape index (κ1) is 11.1. The Kier molecular flexibility index (Phi) is 2.94. The summed E-state index contributed by atoms with van der Waals surface area (Å²) in [7, 11) is 0. The Labute approximate surface area is 94.7 Å². The molecular weight excluding hydrogens is 202 g/mol. The van der Waals surface area contributed by atoms with Crippen LogP contribution in [0.1, 0.15) is 37.2 Å². The highest BCUT2D eigenvalue weighted by Gasteiger charge is 2.10. The van der Waals surface area contributed by atoms with Gasteiger partial charge in [-0.15, -0.1) is 0 Å². The number of fused-ring (bicyclic) bond motifs is 1. The maximum absolute atomic E-state index is 9.04. The molecule has 2 aromatic heterocycles. The van der Waals surface area contributed by atoms with Gasteiger partial charge in [-0.25, -0.2) is 4.98 Å². The average Bonchev–Trinajstić information content (AvgIpc) is 2.70. The van der Waals surface area contributed by atoms with Crippen molar-refractivity contribution in [1.82, 2.24) is 9.38 Å². The van der Waals surface area contributed by atoms with Crippen LogP contribution in [0.2, 0.25) is 0 Å². The Bertz CT molecular complexity index is 490. The van der Waals surface area contributed by atoms with Crippen molar-refractivity contribution in [3.05, 3.63) is 35.9 Å². The van der Waals surface area contributed by atoms with Gasteiger partial charge in [0.1, 0.15) is 5.82 Å². The van der Waals surface area contributed by atoms with E-state index in [1.165, 1.54) is 0 Å². The molecule has 16 heavy (non-hydrogen) atoms. The van der Waals surface area contributed by atoms with E-state index in [9.17, 15) is 0 Å². The van der Waals surface area contributed by atoms with Crippen molar-refractivity contribution in [1.29, 1.82) is 0 Å². The number of hydrogen-bond acceptors (Lipinski definition) is 3. The number of hydrogen-bond donors (Lipinski definition) is 2. The third-order valence-corrected chi connectivity index (χ3v) is 2.72. The summed E-state index contributed by atoms with van der Waals surface area (Å²) in [5.41, 5.74) is 7.78.